The second-order valence-electron chi connectivity index (χ2n) is 4.53. The van der Waals surface area contributed by atoms with E-state index in [9.17, 15) is 4.79 Å². The minimum atomic E-state index is -0.356. The highest BCUT2D eigenvalue weighted by Crippen LogP contribution is 2.14. The van der Waals surface area contributed by atoms with Crippen LogP contribution >= 0.6 is 22.6 Å². The molecule has 0 unspecified atom stereocenters. The molecule has 0 aliphatic rings. The first kappa shape index (κ1) is 14.7. The third-order valence-corrected chi connectivity index (χ3v) is 4.01. The van der Waals surface area contributed by atoms with Gasteiger partial charge < -0.3 is 4.74 Å². The van der Waals surface area contributed by atoms with E-state index in [1.54, 1.807) is 16.9 Å². The van der Waals surface area contributed by atoms with E-state index in [1.807, 2.05) is 48.5 Å². The molecule has 1 heterocycles. The summed E-state index contributed by atoms with van der Waals surface area (Å²) in [5, 5.41) is 7.92. The van der Waals surface area contributed by atoms with Gasteiger partial charge in [-0.1, -0.05) is 35.5 Å². The first-order valence-corrected chi connectivity index (χ1v) is 7.70. The Balaban J connectivity index is 1.75. The van der Waals surface area contributed by atoms with Gasteiger partial charge in [-0.15, -0.1) is 5.10 Å². The molecule has 0 radical (unpaired) electrons. The largest absolute Gasteiger partial charge is 0.455 e. The molecule has 0 fully saturated rings. The predicted octanol–water partition coefficient (Wildman–Crippen LogP) is 3.23. The Bertz CT molecular complexity index is 787. The molecule has 3 rings (SSSR count). The smallest absolute Gasteiger partial charge is 0.339 e. The van der Waals surface area contributed by atoms with Crippen LogP contribution in [0.2, 0.25) is 0 Å². The molecular weight excluding hydrogens is 393 g/mol. The second kappa shape index (κ2) is 6.69. The molecule has 0 saturated heterocycles. The topological polar surface area (TPSA) is 57.0 Å². The van der Waals surface area contributed by atoms with Crippen molar-refractivity contribution in [2.45, 2.75) is 6.61 Å². The van der Waals surface area contributed by atoms with Gasteiger partial charge in [-0.25, -0.2) is 9.48 Å². The fraction of sp³-hybridized carbons (Fsp3) is 0.0625. The third kappa shape index (κ3) is 3.16. The van der Waals surface area contributed by atoms with Crippen LogP contribution in [0.5, 0.6) is 0 Å². The number of hydrogen-bond donors (Lipinski definition) is 0. The second-order valence-corrected chi connectivity index (χ2v) is 5.69. The van der Waals surface area contributed by atoms with E-state index in [0.717, 1.165) is 9.26 Å². The lowest BCUT2D eigenvalue weighted by molar-refractivity contribution is 0.0464. The number of para-hydroxylation sites is 1. The molecule has 110 valence electrons. The molecule has 6 heteroatoms. The van der Waals surface area contributed by atoms with E-state index < -0.39 is 0 Å². The molecule has 0 amide bonds. The standard InChI is InChI=1S/C16H12IN3O2/c17-15-9-5-4-8-14(15)16(21)22-11-13-10-18-19-20(13)12-6-2-1-3-7-12/h1-10H,11H2. The van der Waals surface area contributed by atoms with Crippen molar-refractivity contribution in [2.24, 2.45) is 0 Å². The van der Waals surface area contributed by atoms with Crippen molar-refractivity contribution in [3.05, 3.63) is 75.6 Å². The molecule has 22 heavy (non-hydrogen) atoms. The van der Waals surface area contributed by atoms with Gasteiger partial charge in [0.2, 0.25) is 0 Å². The number of ether oxygens (including phenoxy) is 1. The van der Waals surface area contributed by atoms with E-state index in [-0.39, 0.29) is 12.6 Å². The number of hydrogen-bond acceptors (Lipinski definition) is 4. The van der Waals surface area contributed by atoms with Crippen LogP contribution in [0.3, 0.4) is 0 Å². The average molecular weight is 405 g/mol. The highest BCUT2D eigenvalue weighted by Gasteiger charge is 2.13. The zero-order valence-corrected chi connectivity index (χ0v) is 13.7. The summed E-state index contributed by atoms with van der Waals surface area (Å²) < 4.78 is 7.89. The number of benzene rings is 2. The number of nitrogens with zero attached hydrogens (tertiary/aromatic N) is 3. The number of rotatable bonds is 4. The molecule has 3 aromatic rings. The summed E-state index contributed by atoms with van der Waals surface area (Å²) in [6.07, 6.45) is 1.59. The zero-order chi connectivity index (χ0) is 15.4. The quantitative estimate of drug-likeness (QED) is 0.494. The number of aromatic nitrogens is 3. The van der Waals surface area contributed by atoms with Gasteiger partial charge in [0, 0.05) is 3.57 Å². The van der Waals surface area contributed by atoms with Gasteiger partial charge in [0.15, 0.2) is 0 Å². The first-order chi connectivity index (χ1) is 10.8. The van der Waals surface area contributed by atoms with Crippen molar-refractivity contribution in [3.8, 4) is 5.69 Å². The Kier molecular flexibility index (Phi) is 4.47. The summed E-state index contributed by atoms with van der Waals surface area (Å²) in [5.41, 5.74) is 2.15. The van der Waals surface area contributed by atoms with Gasteiger partial charge in [-0.2, -0.15) is 0 Å². The van der Waals surface area contributed by atoms with Crippen molar-refractivity contribution in [1.29, 1.82) is 0 Å². The maximum absolute atomic E-state index is 12.1. The fourth-order valence-corrected chi connectivity index (χ4v) is 2.59. The molecular formula is C16H12IN3O2. The molecule has 0 saturated carbocycles. The Morgan fingerprint density at radius 1 is 1.09 bits per heavy atom. The fourth-order valence-electron chi connectivity index (χ4n) is 1.99. The number of halogens is 1. The number of carbonyl (C=O) groups excluding carboxylic acids is 1. The Morgan fingerprint density at radius 3 is 2.59 bits per heavy atom. The predicted molar refractivity (Wildman–Crippen MR) is 89.6 cm³/mol. The van der Waals surface area contributed by atoms with E-state index in [1.165, 1.54) is 0 Å². The Labute approximate surface area is 141 Å². The van der Waals surface area contributed by atoms with Gasteiger partial charge in [0.05, 0.1) is 17.4 Å². The maximum Gasteiger partial charge on any atom is 0.339 e. The zero-order valence-electron chi connectivity index (χ0n) is 11.5. The molecule has 0 bridgehead atoms. The minimum Gasteiger partial charge on any atom is -0.455 e. The molecule has 0 aliphatic carbocycles. The van der Waals surface area contributed by atoms with Crippen molar-refractivity contribution < 1.29 is 9.53 Å². The van der Waals surface area contributed by atoms with Crippen molar-refractivity contribution in [2.75, 3.05) is 0 Å². The molecule has 1 aromatic heterocycles. The molecule has 0 aliphatic heterocycles. The van der Waals surface area contributed by atoms with Crippen LogP contribution in [0, 0.1) is 3.57 Å². The SMILES string of the molecule is O=C(OCc1cnnn1-c1ccccc1)c1ccccc1I. The summed E-state index contributed by atoms with van der Waals surface area (Å²) in [7, 11) is 0. The van der Waals surface area contributed by atoms with E-state index in [4.69, 9.17) is 4.74 Å². The van der Waals surface area contributed by atoms with Crippen LogP contribution in [0.4, 0.5) is 0 Å². The number of esters is 1. The normalized spacial score (nSPS) is 10.4. The van der Waals surface area contributed by atoms with Gasteiger partial charge in [0.25, 0.3) is 0 Å². The molecule has 0 atom stereocenters. The third-order valence-electron chi connectivity index (χ3n) is 3.07. The Morgan fingerprint density at radius 2 is 1.82 bits per heavy atom. The van der Waals surface area contributed by atoms with Gasteiger partial charge in [0.1, 0.15) is 12.3 Å². The lowest BCUT2D eigenvalue weighted by Gasteiger charge is -2.08. The first-order valence-electron chi connectivity index (χ1n) is 6.62. The van der Waals surface area contributed by atoms with Crippen LogP contribution in [-0.2, 0) is 11.3 Å². The summed E-state index contributed by atoms with van der Waals surface area (Å²) in [6, 6.07) is 16.9. The molecule has 5 nitrogen and oxygen atoms in total. The summed E-state index contributed by atoms with van der Waals surface area (Å²) in [6.45, 7) is 0.117. The van der Waals surface area contributed by atoms with Crippen LogP contribution in [0.15, 0.2) is 60.8 Å². The monoisotopic (exact) mass is 405 g/mol. The van der Waals surface area contributed by atoms with Gasteiger partial charge in [-0.05, 0) is 46.9 Å². The van der Waals surface area contributed by atoms with Gasteiger partial charge in [-0.3, -0.25) is 0 Å². The van der Waals surface area contributed by atoms with Crippen molar-refractivity contribution in [3.63, 3.8) is 0 Å². The summed E-state index contributed by atoms with van der Waals surface area (Å²) in [4.78, 5) is 12.1. The lowest BCUT2D eigenvalue weighted by Crippen LogP contribution is -2.10. The summed E-state index contributed by atoms with van der Waals surface area (Å²) in [5.74, 6) is -0.356. The lowest BCUT2D eigenvalue weighted by atomic mass is 10.2. The molecule has 2 aromatic carbocycles. The number of carbonyl (C=O) groups is 1. The average Bonchev–Trinajstić information content (AvgIpc) is 3.02. The molecule has 0 spiro atoms. The van der Waals surface area contributed by atoms with Crippen LogP contribution in [-0.4, -0.2) is 21.0 Å². The van der Waals surface area contributed by atoms with Crippen LogP contribution in [0.1, 0.15) is 16.1 Å². The minimum absolute atomic E-state index is 0.117. The highest BCUT2D eigenvalue weighted by atomic mass is 127. The van der Waals surface area contributed by atoms with Crippen molar-refractivity contribution >= 4 is 28.6 Å². The highest BCUT2D eigenvalue weighted by molar-refractivity contribution is 14.1. The van der Waals surface area contributed by atoms with Gasteiger partial charge >= 0.3 is 5.97 Å². The van der Waals surface area contributed by atoms with Crippen molar-refractivity contribution in [1.82, 2.24) is 15.0 Å². The van der Waals surface area contributed by atoms with Crippen LogP contribution < -0.4 is 0 Å². The Hall–Kier alpha value is -2.22. The van der Waals surface area contributed by atoms with E-state index in [2.05, 4.69) is 32.9 Å². The van der Waals surface area contributed by atoms with Crippen LogP contribution in [0.25, 0.3) is 5.69 Å². The van der Waals surface area contributed by atoms with E-state index >= 15 is 0 Å². The summed E-state index contributed by atoms with van der Waals surface area (Å²) >= 11 is 2.11. The van der Waals surface area contributed by atoms with E-state index in [0.29, 0.717) is 11.3 Å². The molecule has 0 N–H and O–H groups in total. The maximum atomic E-state index is 12.1.